The Balaban J connectivity index is 2.17. The number of ether oxygens (including phenoxy) is 1. The molecule has 1 aliphatic heterocycles. The van der Waals surface area contributed by atoms with Crippen LogP contribution < -0.4 is 15.4 Å². The molecule has 0 radical (unpaired) electrons. The Morgan fingerprint density at radius 1 is 1.19 bits per heavy atom. The number of carbonyl (C=O) groups excluding carboxylic acids is 2. The van der Waals surface area contributed by atoms with Gasteiger partial charge in [-0.05, 0) is 31.5 Å². The van der Waals surface area contributed by atoms with Crippen LogP contribution in [0.15, 0.2) is 42.5 Å². The number of ketones is 1. The molecule has 3 rings (SSSR count). The fourth-order valence-corrected chi connectivity index (χ4v) is 3.51. The first-order valence-corrected chi connectivity index (χ1v) is 9.42. The number of carbonyl (C=O) groups is 2. The number of alkyl halides is 3. The van der Waals surface area contributed by atoms with Crippen molar-refractivity contribution < 1.29 is 37.7 Å². The van der Waals surface area contributed by atoms with Gasteiger partial charge in [-0.3, -0.25) is 4.79 Å². The van der Waals surface area contributed by atoms with Crippen molar-refractivity contribution in [3.63, 3.8) is 0 Å². The second-order valence-corrected chi connectivity index (χ2v) is 7.21. The minimum absolute atomic E-state index is 0.0372. The van der Waals surface area contributed by atoms with Crippen molar-refractivity contribution in [2.75, 3.05) is 6.61 Å². The van der Waals surface area contributed by atoms with Gasteiger partial charge < -0.3 is 25.6 Å². The fourth-order valence-electron chi connectivity index (χ4n) is 3.51. The molecule has 3 atom stereocenters. The highest BCUT2D eigenvalue weighted by molar-refractivity contribution is 6.00. The molecular weight excluding hydrogens is 417 g/mol. The van der Waals surface area contributed by atoms with Crippen LogP contribution in [0.5, 0.6) is 11.5 Å². The number of rotatable bonds is 5. The maximum Gasteiger partial charge on any atom is 0.437 e. The van der Waals surface area contributed by atoms with Crippen LogP contribution >= 0.6 is 0 Å². The summed E-state index contributed by atoms with van der Waals surface area (Å²) in [6.07, 6.45) is -5.35. The number of aliphatic hydroxyl groups is 1. The normalized spacial score (nSPS) is 23.6. The van der Waals surface area contributed by atoms with Crippen molar-refractivity contribution >= 4 is 11.8 Å². The topological polar surface area (TPSA) is 108 Å². The molecule has 31 heavy (non-hydrogen) atoms. The molecule has 10 heteroatoms. The van der Waals surface area contributed by atoms with E-state index in [0.717, 1.165) is 5.56 Å². The van der Waals surface area contributed by atoms with Gasteiger partial charge in [0, 0.05) is 5.56 Å². The first-order valence-electron chi connectivity index (χ1n) is 9.42. The van der Waals surface area contributed by atoms with Gasteiger partial charge in [-0.1, -0.05) is 35.9 Å². The van der Waals surface area contributed by atoms with Crippen LogP contribution in [0.25, 0.3) is 0 Å². The largest absolute Gasteiger partial charge is 0.504 e. The molecule has 0 aliphatic carbocycles. The number of halogens is 3. The molecule has 0 saturated carbocycles. The summed E-state index contributed by atoms with van der Waals surface area (Å²) in [6, 6.07) is 6.60. The molecular formula is C21H21F3N2O5. The fraction of sp³-hybridized carbons (Fsp3) is 0.333. The number of phenols is 1. The van der Waals surface area contributed by atoms with Crippen LogP contribution in [0.2, 0.25) is 0 Å². The van der Waals surface area contributed by atoms with Gasteiger partial charge in [0.15, 0.2) is 17.3 Å². The Kier molecular flexibility index (Phi) is 5.86. The van der Waals surface area contributed by atoms with Crippen molar-refractivity contribution in [3.05, 3.63) is 59.2 Å². The highest BCUT2D eigenvalue weighted by atomic mass is 19.4. The van der Waals surface area contributed by atoms with E-state index in [1.54, 1.807) is 26.0 Å². The van der Waals surface area contributed by atoms with Crippen molar-refractivity contribution in [2.24, 2.45) is 5.92 Å². The molecule has 0 spiro atoms. The number of hydrogen-bond acceptors (Lipinski definition) is 5. The van der Waals surface area contributed by atoms with Crippen LogP contribution in [0.1, 0.15) is 34.5 Å². The van der Waals surface area contributed by atoms with Crippen molar-refractivity contribution in [1.29, 1.82) is 0 Å². The molecule has 2 aromatic carbocycles. The van der Waals surface area contributed by atoms with Gasteiger partial charge in [-0.2, -0.15) is 13.2 Å². The molecule has 2 amide bonds. The van der Waals surface area contributed by atoms with Gasteiger partial charge in [0.1, 0.15) is 5.92 Å². The highest BCUT2D eigenvalue weighted by Crippen LogP contribution is 2.45. The van der Waals surface area contributed by atoms with E-state index in [4.69, 9.17) is 4.74 Å². The Hall–Kier alpha value is -3.27. The van der Waals surface area contributed by atoms with Crippen molar-refractivity contribution in [1.82, 2.24) is 10.6 Å². The van der Waals surface area contributed by atoms with Crippen LogP contribution in [0.3, 0.4) is 0 Å². The molecule has 1 heterocycles. The third-order valence-electron chi connectivity index (χ3n) is 5.07. The van der Waals surface area contributed by atoms with E-state index in [1.807, 2.05) is 0 Å². The lowest BCUT2D eigenvalue weighted by Gasteiger charge is -2.45. The number of amides is 2. The molecule has 3 unspecified atom stereocenters. The van der Waals surface area contributed by atoms with E-state index in [0.29, 0.717) is 0 Å². The lowest BCUT2D eigenvalue weighted by molar-refractivity contribution is -0.287. The Bertz CT molecular complexity index is 993. The molecule has 1 fully saturated rings. The second-order valence-electron chi connectivity index (χ2n) is 7.21. The van der Waals surface area contributed by atoms with Crippen molar-refractivity contribution in [2.45, 2.75) is 31.8 Å². The minimum atomic E-state index is -5.35. The number of aromatic hydroxyl groups is 1. The summed E-state index contributed by atoms with van der Waals surface area (Å²) in [4.78, 5) is 25.3. The van der Waals surface area contributed by atoms with E-state index in [-0.39, 0.29) is 29.2 Å². The Morgan fingerprint density at radius 2 is 1.84 bits per heavy atom. The quantitative estimate of drug-likeness (QED) is 0.537. The third-order valence-corrected chi connectivity index (χ3v) is 5.07. The molecule has 4 N–H and O–H groups in total. The van der Waals surface area contributed by atoms with Crippen LogP contribution in [0.4, 0.5) is 18.0 Å². The van der Waals surface area contributed by atoms with Crippen LogP contribution in [0, 0.1) is 12.8 Å². The number of nitrogens with one attached hydrogen (secondary N) is 2. The maximum atomic E-state index is 13.9. The van der Waals surface area contributed by atoms with E-state index >= 15 is 0 Å². The third kappa shape index (κ3) is 4.15. The predicted molar refractivity (Wildman–Crippen MR) is 104 cm³/mol. The van der Waals surface area contributed by atoms with Crippen molar-refractivity contribution in [3.8, 4) is 11.5 Å². The number of phenolic OH excluding ortho intramolecular Hbond substituents is 1. The zero-order chi connectivity index (χ0) is 23.0. The second kappa shape index (κ2) is 8.10. The number of urea groups is 1. The number of hydrogen-bond donors (Lipinski definition) is 4. The average molecular weight is 438 g/mol. The molecule has 0 bridgehead atoms. The minimum Gasteiger partial charge on any atom is -0.504 e. The van der Waals surface area contributed by atoms with Gasteiger partial charge in [0.2, 0.25) is 5.72 Å². The summed E-state index contributed by atoms with van der Waals surface area (Å²) < 4.78 is 47.1. The van der Waals surface area contributed by atoms with Gasteiger partial charge in [0.25, 0.3) is 0 Å². The molecule has 2 aromatic rings. The van der Waals surface area contributed by atoms with E-state index in [2.05, 4.69) is 5.32 Å². The summed E-state index contributed by atoms with van der Waals surface area (Å²) in [6.45, 7) is 3.55. The first-order chi connectivity index (χ1) is 14.5. The number of aryl methyl sites for hydroxylation is 1. The predicted octanol–water partition coefficient (Wildman–Crippen LogP) is 3.20. The summed E-state index contributed by atoms with van der Waals surface area (Å²) in [5.74, 6) is -3.49. The average Bonchev–Trinajstić information content (AvgIpc) is 2.68. The molecule has 166 valence electrons. The number of Topliss-reactive ketones (excluding diaryl/α,β-unsaturated/α-hetero) is 1. The van der Waals surface area contributed by atoms with E-state index in [9.17, 15) is 33.0 Å². The smallest absolute Gasteiger partial charge is 0.437 e. The Labute approximate surface area is 175 Å². The highest BCUT2D eigenvalue weighted by Gasteiger charge is 2.66. The van der Waals surface area contributed by atoms with E-state index < -0.39 is 35.7 Å². The summed E-state index contributed by atoms with van der Waals surface area (Å²) in [5, 5.41) is 24.3. The van der Waals surface area contributed by atoms with Gasteiger partial charge >= 0.3 is 12.2 Å². The summed E-state index contributed by atoms with van der Waals surface area (Å²) in [7, 11) is 0. The monoisotopic (exact) mass is 438 g/mol. The van der Waals surface area contributed by atoms with Gasteiger partial charge in [-0.25, -0.2) is 4.79 Å². The standard InChI is InChI=1S/C21H21F3N2O5/c1-3-31-15-10-13(8-9-14(15)27)17-16(18(28)12-6-4-11(2)5-7-12)20(30,21(22,23)24)26-19(29)25-17/h4-10,16-17,27,30H,3H2,1-2H3,(H2,25,26,29). The van der Waals surface area contributed by atoms with Gasteiger partial charge in [-0.15, -0.1) is 0 Å². The zero-order valence-electron chi connectivity index (χ0n) is 16.7. The van der Waals surface area contributed by atoms with Gasteiger partial charge in [0.05, 0.1) is 12.6 Å². The maximum absolute atomic E-state index is 13.9. The molecule has 7 nitrogen and oxygen atoms in total. The summed E-state index contributed by atoms with van der Waals surface area (Å²) in [5.41, 5.74) is -3.06. The SMILES string of the molecule is CCOc1cc(C2NC(=O)NC(O)(C(F)(F)F)C2C(=O)c2ccc(C)cc2)ccc1O. The molecule has 0 aromatic heterocycles. The molecule has 1 saturated heterocycles. The lowest BCUT2D eigenvalue weighted by Crippen LogP contribution is -2.72. The molecule has 1 aliphatic rings. The number of benzene rings is 2. The first kappa shape index (κ1) is 22.4. The Morgan fingerprint density at radius 3 is 2.42 bits per heavy atom. The van der Waals surface area contributed by atoms with E-state index in [1.165, 1.54) is 35.6 Å². The lowest BCUT2D eigenvalue weighted by atomic mass is 9.77. The summed E-state index contributed by atoms with van der Waals surface area (Å²) >= 11 is 0. The zero-order valence-corrected chi connectivity index (χ0v) is 16.7. The van der Waals surface area contributed by atoms with Crippen LogP contribution in [-0.4, -0.2) is 40.5 Å². The van der Waals surface area contributed by atoms with Crippen LogP contribution in [-0.2, 0) is 0 Å².